The van der Waals surface area contributed by atoms with Gasteiger partial charge in [0.05, 0.1) is 24.2 Å². The van der Waals surface area contributed by atoms with E-state index in [-0.39, 0.29) is 18.0 Å². The van der Waals surface area contributed by atoms with Gasteiger partial charge in [-0.3, -0.25) is 4.79 Å². The summed E-state index contributed by atoms with van der Waals surface area (Å²) in [4.78, 5) is 24.5. The molecular formula is C23H28N6O2. The molecule has 0 saturated carbocycles. The summed E-state index contributed by atoms with van der Waals surface area (Å²) in [6.45, 7) is 4.23. The predicted molar refractivity (Wildman–Crippen MR) is 120 cm³/mol. The molecule has 4 heterocycles. The molecule has 1 fully saturated rings. The number of ether oxygens (including phenoxy) is 1. The van der Waals surface area contributed by atoms with Gasteiger partial charge in [-0.1, -0.05) is 12.1 Å². The summed E-state index contributed by atoms with van der Waals surface area (Å²) in [6.07, 6.45) is 1.59. The Labute approximate surface area is 181 Å². The SMILES string of the molecule is COc1ccc2nc1-c1cccc3nc(C)n(c13)CCCN(C)C(=O)C1CC(CN1)N2. The minimum absolute atomic E-state index is 0.143. The van der Waals surface area contributed by atoms with Gasteiger partial charge in [0, 0.05) is 38.3 Å². The Morgan fingerprint density at radius 2 is 2.03 bits per heavy atom. The van der Waals surface area contributed by atoms with Crippen LogP contribution in [-0.4, -0.2) is 64.7 Å². The Balaban J connectivity index is 1.67. The number of carbonyl (C=O) groups is 1. The van der Waals surface area contributed by atoms with Crippen LogP contribution in [0.5, 0.6) is 5.75 Å². The van der Waals surface area contributed by atoms with Crippen molar-refractivity contribution in [3.05, 3.63) is 36.2 Å². The van der Waals surface area contributed by atoms with E-state index >= 15 is 0 Å². The number of rotatable bonds is 1. The molecule has 2 atom stereocenters. The lowest BCUT2D eigenvalue weighted by Gasteiger charge is -2.21. The first-order valence-electron chi connectivity index (χ1n) is 10.8. The maximum atomic E-state index is 12.9. The highest BCUT2D eigenvalue weighted by molar-refractivity contribution is 5.93. The molecule has 1 aromatic carbocycles. The third kappa shape index (κ3) is 3.50. The molecular weight excluding hydrogens is 392 g/mol. The van der Waals surface area contributed by atoms with E-state index in [1.165, 1.54) is 0 Å². The Kier molecular flexibility index (Phi) is 5.02. The number of benzene rings is 1. The predicted octanol–water partition coefficient (Wildman–Crippen LogP) is 2.42. The van der Waals surface area contributed by atoms with Gasteiger partial charge >= 0.3 is 0 Å². The Hall–Kier alpha value is -3.13. The summed E-state index contributed by atoms with van der Waals surface area (Å²) in [5.41, 5.74) is 3.79. The summed E-state index contributed by atoms with van der Waals surface area (Å²) < 4.78 is 7.90. The van der Waals surface area contributed by atoms with Crippen molar-refractivity contribution in [1.82, 2.24) is 24.8 Å². The number of nitrogens with one attached hydrogen (secondary N) is 2. The Bertz CT molecular complexity index is 1140. The Morgan fingerprint density at radius 1 is 1.16 bits per heavy atom. The standard InChI is InChI=1S/C23H28N6O2/c1-14-25-17-7-4-6-16-21-19(31-3)8-9-20(27-21)26-15-12-18(24-13-15)23(30)28(2)10-5-11-29(14)22(16)17/h4,6-9,15,18,24H,5,10-13H2,1-3H3,(H,26,27). The van der Waals surface area contributed by atoms with E-state index in [0.29, 0.717) is 6.54 Å². The largest absolute Gasteiger partial charge is 0.494 e. The number of likely N-dealkylation sites (N-methyl/N-ethyl adjacent to an activating group) is 1. The number of imidazole rings is 1. The van der Waals surface area contributed by atoms with Crippen LogP contribution < -0.4 is 15.4 Å². The van der Waals surface area contributed by atoms with Crippen LogP contribution in [0, 0.1) is 6.92 Å². The van der Waals surface area contributed by atoms with Crippen LogP contribution in [0.4, 0.5) is 5.82 Å². The number of hydrogen-bond acceptors (Lipinski definition) is 6. The van der Waals surface area contributed by atoms with Gasteiger partial charge in [-0.25, -0.2) is 9.97 Å². The lowest BCUT2D eigenvalue weighted by molar-refractivity contribution is -0.131. The minimum Gasteiger partial charge on any atom is -0.494 e. The third-order valence-corrected chi connectivity index (χ3v) is 6.32. The molecule has 1 amide bonds. The summed E-state index contributed by atoms with van der Waals surface area (Å²) >= 11 is 0. The second-order valence-corrected chi connectivity index (χ2v) is 8.38. The van der Waals surface area contributed by atoms with E-state index in [1.54, 1.807) is 7.11 Å². The lowest BCUT2D eigenvalue weighted by Crippen LogP contribution is -2.42. The third-order valence-electron chi connectivity index (χ3n) is 6.32. The summed E-state index contributed by atoms with van der Waals surface area (Å²) in [6, 6.07) is 10.00. The van der Waals surface area contributed by atoms with Crippen molar-refractivity contribution in [3.8, 4) is 17.0 Å². The fourth-order valence-electron chi connectivity index (χ4n) is 4.74. The van der Waals surface area contributed by atoms with Gasteiger partial charge in [0.15, 0.2) is 0 Å². The zero-order chi connectivity index (χ0) is 21.5. The van der Waals surface area contributed by atoms with Crippen LogP contribution in [0.2, 0.25) is 0 Å². The zero-order valence-corrected chi connectivity index (χ0v) is 18.2. The molecule has 8 nitrogen and oxygen atoms in total. The monoisotopic (exact) mass is 420 g/mol. The summed E-state index contributed by atoms with van der Waals surface area (Å²) in [5, 5.41) is 6.87. The smallest absolute Gasteiger partial charge is 0.239 e. The quantitative estimate of drug-likeness (QED) is 0.629. The highest BCUT2D eigenvalue weighted by Crippen LogP contribution is 2.35. The van der Waals surface area contributed by atoms with Gasteiger partial charge < -0.3 is 24.8 Å². The maximum Gasteiger partial charge on any atom is 0.239 e. The number of para-hydroxylation sites is 1. The van der Waals surface area contributed by atoms with E-state index in [0.717, 1.165) is 65.6 Å². The number of anilines is 1. The first-order chi connectivity index (χ1) is 15.0. The normalized spacial score (nSPS) is 21.5. The highest BCUT2D eigenvalue weighted by Gasteiger charge is 2.31. The average molecular weight is 421 g/mol. The number of carbonyl (C=O) groups excluding carboxylic acids is 1. The number of aromatic nitrogens is 3. The van der Waals surface area contributed by atoms with Crippen LogP contribution in [0.3, 0.4) is 0 Å². The molecule has 8 heteroatoms. The number of pyridine rings is 1. The molecule has 31 heavy (non-hydrogen) atoms. The number of nitrogens with zero attached hydrogens (tertiary/aromatic N) is 4. The maximum absolute atomic E-state index is 12.9. The van der Waals surface area contributed by atoms with E-state index < -0.39 is 0 Å². The first kappa shape index (κ1) is 19.8. The molecule has 0 spiro atoms. The van der Waals surface area contributed by atoms with Crippen molar-refractivity contribution in [2.45, 2.75) is 38.4 Å². The van der Waals surface area contributed by atoms with E-state index in [1.807, 2.05) is 43.1 Å². The van der Waals surface area contributed by atoms with Gasteiger partial charge in [0.2, 0.25) is 5.91 Å². The van der Waals surface area contributed by atoms with E-state index in [2.05, 4.69) is 21.3 Å². The molecule has 1 saturated heterocycles. The van der Waals surface area contributed by atoms with Crippen LogP contribution in [0.15, 0.2) is 30.3 Å². The molecule has 2 aliphatic rings. The van der Waals surface area contributed by atoms with Crippen molar-refractivity contribution in [2.75, 3.05) is 32.6 Å². The van der Waals surface area contributed by atoms with Crippen LogP contribution in [0.1, 0.15) is 18.7 Å². The van der Waals surface area contributed by atoms with Gasteiger partial charge in [-0.05, 0) is 38.0 Å². The topological polar surface area (TPSA) is 84.3 Å². The molecule has 4 bridgehead atoms. The number of fused-ring (bicyclic) bond motifs is 5. The highest BCUT2D eigenvalue weighted by atomic mass is 16.5. The van der Waals surface area contributed by atoms with Crippen molar-refractivity contribution < 1.29 is 9.53 Å². The fourth-order valence-corrected chi connectivity index (χ4v) is 4.74. The van der Waals surface area contributed by atoms with Crippen LogP contribution in [-0.2, 0) is 11.3 Å². The van der Waals surface area contributed by atoms with Gasteiger partial charge in [-0.2, -0.15) is 0 Å². The van der Waals surface area contributed by atoms with Crippen LogP contribution >= 0.6 is 0 Å². The molecule has 0 radical (unpaired) electrons. The van der Waals surface area contributed by atoms with Gasteiger partial charge in [0.1, 0.15) is 23.1 Å². The molecule has 2 aliphatic heterocycles. The van der Waals surface area contributed by atoms with Crippen molar-refractivity contribution >= 4 is 22.8 Å². The first-order valence-corrected chi connectivity index (χ1v) is 10.8. The number of aryl methyl sites for hydroxylation is 2. The zero-order valence-electron chi connectivity index (χ0n) is 18.2. The van der Waals surface area contributed by atoms with E-state index in [9.17, 15) is 4.79 Å². The van der Waals surface area contributed by atoms with Crippen molar-refractivity contribution in [2.24, 2.45) is 0 Å². The molecule has 5 rings (SSSR count). The molecule has 2 unspecified atom stereocenters. The average Bonchev–Trinajstić information content (AvgIpc) is 3.36. The molecule has 2 N–H and O–H groups in total. The van der Waals surface area contributed by atoms with Gasteiger partial charge in [0.25, 0.3) is 0 Å². The lowest BCUT2D eigenvalue weighted by atomic mass is 10.1. The fraction of sp³-hybridized carbons (Fsp3) is 0.435. The van der Waals surface area contributed by atoms with Gasteiger partial charge in [-0.15, -0.1) is 0 Å². The number of hydrogen-bond donors (Lipinski definition) is 2. The number of amides is 1. The molecule has 162 valence electrons. The minimum atomic E-state index is -0.163. The molecule has 2 aromatic heterocycles. The van der Waals surface area contributed by atoms with E-state index in [4.69, 9.17) is 14.7 Å². The second kappa shape index (κ2) is 7.85. The Morgan fingerprint density at radius 3 is 2.87 bits per heavy atom. The van der Waals surface area contributed by atoms with Crippen molar-refractivity contribution in [3.63, 3.8) is 0 Å². The number of methoxy groups -OCH3 is 1. The summed E-state index contributed by atoms with van der Waals surface area (Å²) in [5.74, 6) is 2.61. The second-order valence-electron chi connectivity index (χ2n) is 8.38. The molecule has 3 aromatic rings. The van der Waals surface area contributed by atoms with Crippen molar-refractivity contribution in [1.29, 1.82) is 0 Å². The summed E-state index contributed by atoms with van der Waals surface area (Å²) in [7, 11) is 3.56. The molecule has 0 aliphatic carbocycles. The van der Waals surface area contributed by atoms with Crippen LogP contribution in [0.25, 0.3) is 22.3 Å².